The van der Waals surface area contributed by atoms with Crippen LogP contribution >= 0.6 is 24.0 Å². The number of hydrogen-bond donors (Lipinski definition) is 2. The molecule has 2 N–H and O–H groups in total. The lowest BCUT2D eigenvalue weighted by atomic mass is 9.97. The highest BCUT2D eigenvalue weighted by Gasteiger charge is 2.26. The van der Waals surface area contributed by atoms with E-state index in [0.29, 0.717) is 18.5 Å². The Bertz CT molecular complexity index is 934. The molecule has 2 saturated heterocycles. The molecule has 2 unspecified atom stereocenters. The molecule has 6 nitrogen and oxygen atoms in total. The van der Waals surface area contributed by atoms with Crippen LogP contribution in [-0.4, -0.2) is 53.9 Å². The Kier molecular flexibility index (Phi) is 10.2. The van der Waals surface area contributed by atoms with Crippen LogP contribution in [0.2, 0.25) is 0 Å². The van der Waals surface area contributed by atoms with Gasteiger partial charge in [-0.15, -0.1) is 24.0 Å². The lowest BCUT2D eigenvalue weighted by Crippen LogP contribution is -2.51. The third-order valence-electron chi connectivity index (χ3n) is 6.83. The van der Waals surface area contributed by atoms with Gasteiger partial charge < -0.3 is 15.5 Å². The molecule has 2 aliphatic heterocycles. The van der Waals surface area contributed by atoms with E-state index in [1.54, 1.807) is 0 Å². The summed E-state index contributed by atoms with van der Waals surface area (Å²) in [5.41, 5.74) is 3.78. The zero-order chi connectivity index (χ0) is 23.0. The SMILES string of the molecule is CN=C(NCc1ccc(CN2CCCC2=O)cc1)NC1CCN(Cc2ccccc2)C(C)C1.I. The number of carbonyl (C=O) groups is 1. The van der Waals surface area contributed by atoms with Crippen molar-refractivity contribution in [2.75, 3.05) is 20.1 Å². The van der Waals surface area contributed by atoms with Crippen LogP contribution in [0, 0.1) is 0 Å². The summed E-state index contributed by atoms with van der Waals surface area (Å²) in [5, 5.41) is 7.08. The Balaban J connectivity index is 0.00000324. The van der Waals surface area contributed by atoms with Crippen molar-refractivity contribution in [2.45, 2.75) is 64.3 Å². The van der Waals surface area contributed by atoms with Crippen molar-refractivity contribution in [1.82, 2.24) is 20.4 Å². The van der Waals surface area contributed by atoms with E-state index in [1.165, 1.54) is 16.7 Å². The third kappa shape index (κ3) is 7.43. The Labute approximate surface area is 221 Å². The first-order valence-electron chi connectivity index (χ1n) is 12.2. The molecule has 2 aliphatic rings. The largest absolute Gasteiger partial charge is 0.354 e. The second-order valence-electron chi connectivity index (χ2n) is 9.33. The first-order valence-corrected chi connectivity index (χ1v) is 12.2. The van der Waals surface area contributed by atoms with E-state index in [1.807, 2.05) is 11.9 Å². The number of rotatable bonds is 7. The standard InChI is InChI=1S/C27H37N5O.HI/c1-21-17-25(14-16-31(21)19-23-7-4-3-5-8-23)30-27(28-2)29-18-22-10-12-24(13-11-22)20-32-15-6-9-26(32)33;/h3-5,7-8,10-13,21,25H,6,9,14-20H2,1-2H3,(H2,28,29,30);1H. The van der Waals surface area contributed by atoms with Gasteiger partial charge in [-0.1, -0.05) is 54.6 Å². The van der Waals surface area contributed by atoms with Crippen LogP contribution in [0.3, 0.4) is 0 Å². The van der Waals surface area contributed by atoms with Crippen molar-refractivity contribution >= 4 is 35.8 Å². The van der Waals surface area contributed by atoms with Crippen LogP contribution in [0.1, 0.15) is 49.3 Å². The van der Waals surface area contributed by atoms with Gasteiger partial charge in [0, 0.05) is 58.3 Å². The lowest BCUT2D eigenvalue weighted by Gasteiger charge is -2.38. The topological polar surface area (TPSA) is 60.0 Å². The van der Waals surface area contributed by atoms with Crippen LogP contribution in [0.25, 0.3) is 0 Å². The number of hydrogen-bond acceptors (Lipinski definition) is 3. The summed E-state index contributed by atoms with van der Waals surface area (Å²) < 4.78 is 0. The van der Waals surface area contributed by atoms with Crippen LogP contribution in [0.5, 0.6) is 0 Å². The number of halogens is 1. The van der Waals surface area contributed by atoms with Gasteiger partial charge >= 0.3 is 0 Å². The molecular weight excluding hydrogens is 537 g/mol. The molecule has 0 aliphatic carbocycles. The fraction of sp³-hybridized carbons (Fsp3) is 0.481. The highest BCUT2D eigenvalue weighted by molar-refractivity contribution is 14.0. The second-order valence-corrected chi connectivity index (χ2v) is 9.33. The summed E-state index contributed by atoms with van der Waals surface area (Å²) >= 11 is 0. The van der Waals surface area contributed by atoms with Gasteiger partial charge in [-0.3, -0.25) is 14.7 Å². The van der Waals surface area contributed by atoms with Gasteiger partial charge in [-0.25, -0.2) is 0 Å². The maximum atomic E-state index is 11.8. The molecule has 1 amide bonds. The Morgan fingerprint density at radius 2 is 1.71 bits per heavy atom. The van der Waals surface area contributed by atoms with E-state index in [4.69, 9.17) is 0 Å². The Hall–Kier alpha value is -2.13. The highest BCUT2D eigenvalue weighted by atomic mass is 127. The summed E-state index contributed by atoms with van der Waals surface area (Å²) in [4.78, 5) is 20.8. The first-order chi connectivity index (χ1) is 16.1. The number of nitrogens with zero attached hydrogens (tertiary/aromatic N) is 3. The monoisotopic (exact) mass is 575 g/mol. The molecule has 7 heteroatoms. The number of nitrogens with one attached hydrogen (secondary N) is 2. The number of guanidine groups is 1. The van der Waals surface area contributed by atoms with Crippen LogP contribution in [0.4, 0.5) is 0 Å². The number of benzene rings is 2. The zero-order valence-electron chi connectivity index (χ0n) is 20.4. The minimum Gasteiger partial charge on any atom is -0.354 e. The van der Waals surface area contributed by atoms with E-state index >= 15 is 0 Å². The van der Waals surface area contributed by atoms with Crippen molar-refractivity contribution in [3.8, 4) is 0 Å². The Morgan fingerprint density at radius 3 is 2.35 bits per heavy atom. The number of likely N-dealkylation sites (tertiary alicyclic amines) is 2. The van der Waals surface area contributed by atoms with Crippen LogP contribution in [-0.2, 0) is 24.4 Å². The van der Waals surface area contributed by atoms with Gasteiger partial charge in [-0.2, -0.15) is 0 Å². The molecule has 0 bridgehead atoms. The van der Waals surface area contributed by atoms with E-state index in [9.17, 15) is 4.79 Å². The van der Waals surface area contributed by atoms with Crippen molar-refractivity contribution in [2.24, 2.45) is 4.99 Å². The molecule has 2 aromatic carbocycles. The van der Waals surface area contributed by atoms with Gasteiger partial charge in [0.25, 0.3) is 0 Å². The molecule has 34 heavy (non-hydrogen) atoms. The van der Waals surface area contributed by atoms with Crippen LogP contribution < -0.4 is 10.6 Å². The Morgan fingerprint density at radius 1 is 1.00 bits per heavy atom. The normalized spacial score (nSPS) is 21.3. The minimum absolute atomic E-state index is 0. The fourth-order valence-corrected chi connectivity index (χ4v) is 4.83. The van der Waals surface area contributed by atoms with Crippen LogP contribution in [0.15, 0.2) is 59.6 Å². The van der Waals surface area contributed by atoms with Crippen molar-refractivity contribution < 1.29 is 4.79 Å². The molecule has 2 aromatic rings. The molecule has 0 aromatic heterocycles. The molecule has 4 rings (SSSR count). The quantitative estimate of drug-likeness (QED) is 0.296. The highest BCUT2D eigenvalue weighted by Crippen LogP contribution is 2.20. The summed E-state index contributed by atoms with van der Waals surface area (Å²) in [7, 11) is 1.83. The summed E-state index contributed by atoms with van der Waals surface area (Å²) in [5.74, 6) is 1.13. The molecule has 0 spiro atoms. The average molecular weight is 576 g/mol. The van der Waals surface area contributed by atoms with Gasteiger partial charge in [-0.05, 0) is 42.9 Å². The zero-order valence-corrected chi connectivity index (χ0v) is 22.7. The van der Waals surface area contributed by atoms with Crippen molar-refractivity contribution in [3.63, 3.8) is 0 Å². The number of amides is 1. The molecule has 2 heterocycles. The number of aliphatic imine (C=N–C) groups is 1. The predicted octanol–water partition coefficient (Wildman–Crippen LogP) is 4.15. The fourth-order valence-electron chi connectivity index (χ4n) is 4.83. The van der Waals surface area contributed by atoms with Gasteiger partial charge in [0.2, 0.25) is 5.91 Å². The van der Waals surface area contributed by atoms with Crippen molar-refractivity contribution in [3.05, 3.63) is 71.3 Å². The summed E-state index contributed by atoms with van der Waals surface area (Å²) in [6.07, 6.45) is 3.90. The number of carbonyl (C=O) groups excluding carboxylic acids is 1. The molecule has 2 fully saturated rings. The lowest BCUT2D eigenvalue weighted by molar-refractivity contribution is -0.128. The maximum Gasteiger partial charge on any atom is 0.222 e. The van der Waals surface area contributed by atoms with Gasteiger partial charge in [0.1, 0.15) is 0 Å². The first kappa shape index (κ1) is 26.5. The predicted molar refractivity (Wildman–Crippen MR) is 149 cm³/mol. The molecule has 0 saturated carbocycles. The third-order valence-corrected chi connectivity index (χ3v) is 6.83. The summed E-state index contributed by atoms with van der Waals surface area (Å²) in [6.45, 7) is 6.76. The van der Waals surface area contributed by atoms with E-state index < -0.39 is 0 Å². The second kappa shape index (κ2) is 13.1. The van der Waals surface area contributed by atoms with E-state index in [-0.39, 0.29) is 29.9 Å². The smallest absolute Gasteiger partial charge is 0.222 e. The van der Waals surface area contributed by atoms with E-state index in [0.717, 1.165) is 57.9 Å². The molecular formula is C27H38IN5O. The van der Waals surface area contributed by atoms with Crippen molar-refractivity contribution in [1.29, 1.82) is 0 Å². The number of piperidine rings is 1. The summed E-state index contributed by atoms with van der Waals surface area (Å²) in [6, 6.07) is 20.2. The van der Waals surface area contributed by atoms with E-state index in [2.05, 4.69) is 82.0 Å². The van der Waals surface area contributed by atoms with Gasteiger partial charge in [0.05, 0.1) is 0 Å². The molecule has 2 atom stereocenters. The molecule has 184 valence electrons. The van der Waals surface area contributed by atoms with Gasteiger partial charge in [0.15, 0.2) is 5.96 Å². The maximum absolute atomic E-state index is 11.8. The molecule has 0 radical (unpaired) electrons. The minimum atomic E-state index is 0. The average Bonchev–Trinajstić information content (AvgIpc) is 3.24.